The number of nitrogens with zero attached hydrogens (tertiary/aromatic N) is 2. The van der Waals surface area contributed by atoms with E-state index in [1.807, 2.05) is 24.3 Å². The maximum Gasteiger partial charge on any atom is 0.331 e. The molecule has 0 aromatic heterocycles. The minimum Gasteiger partial charge on any atom is -0.486 e. The van der Waals surface area contributed by atoms with Gasteiger partial charge in [-0.1, -0.05) is 12.1 Å². The highest BCUT2D eigenvalue weighted by Gasteiger charge is 2.42. The third-order valence-electron chi connectivity index (χ3n) is 4.73. The Morgan fingerprint density at radius 1 is 1.16 bits per heavy atom. The standard InChI is InChI=1S/C17H19N3O5/c21-15-16(22)20(17(23)18-15)11-4-3-7-19(8-11)9-12-10-24-13-5-1-2-6-14(13)25-12/h1-2,5-6,11-12H,3-4,7-10H2,(H,18,21,23). The van der Waals surface area contributed by atoms with Gasteiger partial charge in [-0.25, -0.2) is 4.79 Å². The number of fused-ring (bicyclic) bond motifs is 1. The van der Waals surface area contributed by atoms with Crippen molar-refractivity contribution >= 4 is 17.8 Å². The van der Waals surface area contributed by atoms with Crippen molar-refractivity contribution in [3.05, 3.63) is 24.3 Å². The highest BCUT2D eigenvalue weighted by Crippen LogP contribution is 2.31. The summed E-state index contributed by atoms with van der Waals surface area (Å²) < 4.78 is 11.7. The van der Waals surface area contributed by atoms with Crippen molar-refractivity contribution in [3.63, 3.8) is 0 Å². The second kappa shape index (κ2) is 6.36. The van der Waals surface area contributed by atoms with E-state index in [4.69, 9.17) is 9.47 Å². The molecule has 2 unspecified atom stereocenters. The van der Waals surface area contributed by atoms with E-state index in [9.17, 15) is 14.4 Å². The zero-order valence-corrected chi connectivity index (χ0v) is 13.6. The molecule has 3 aliphatic rings. The molecule has 1 aromatic carbocycles. The third-order valence-corrected chi connectivity index (χ3v) is 4.73. The molecule has 1 aromatic rings. The fraction of sp³-hybridized carbons (Fsp3) is 0.471. The lowest BCUT2D eigenvalue weighted by molar-refractivity contribution is -0.141. The number of hydrogen-bond donors (Lipinski definition) is 1. The quantitative estimate of drug-likeness (QED) is 0.629. The fourth-order valence-corrected chi connectivity index (χ4v) is 3.59. The molecule has 0 radical (unpaired) electrons. The van der Waals surface area contributed by atoms with E-state index in [-0.39, 0.29) is 12.1 Å². The van der Waals surface area contributed by atoms with E-state index < -0.39 is 17.8 Å². The highest BCUT2D eigenvalue weighted by molar-refractivity contribution is 6.44. The molecule has 132 valence electrons. The van der Waals surface area contributed by atoms with Crippen LogP contribution in [0.1, 0.15) is 12.8 Å². The average molecular weight is 345 g/mol. The van der Waals surface area contributed by atoms with Gasteiger partial charge in [-0.05, 0) is 31.5 Å². The Bertz CT molecular complexity index is 722. The summed E-state index contributed by atoms with van der Waals surface area (Å²) >= 11 is 0. The number of rotatable bonds is 3. The SMILES string of the molecule is O=C1NC(=O)N(C2CCCN(CC3COc4ccccc4O3)C2)C1=O. The topological polar surface area (TPSA) is 88.2 Å². The predicted molar refractivity (Wildman–Crippen MR) is 86.2 cm³/mol. The monoisotopic (exact) mass is 345 g/mol. The van der Waals surface area contributed by atoms with Gasteiger partial charge in [0.25, 0.3) is 0 Å². The number of nitrogens with one attached hydrogen (secondary N) is 1. The number of imide groups is 2. The Balaban J connectivity index is 1.38. The predicted octanol–water partition coefficient (Wildman–Crippen LogP) is 0.369. The smallest absolute Gasteiger partial charge is 0.331 e. The van der Waals surface area contributed by atoms with Gasteiger partial charge in [0.05, 0.1) is 6.04 Å². The van der Waals surface area contributed by atoms with Crippen LogP contribution in [-0.2, 0) is 9.59 Å². The molecule has 0 bridgehead atoms. The van der Waals surface area contributed by atoms with Crippen molar-refractivity contribution in [1.29, 1.82) is 0 Å². The number of ether oxygens (including phenoxy) is 2. The van der Waals surface area contributed by atoms with Crippen LogP contribution in [0.15, 0.2) is 24.3 Å². The van der Waals surface area contributed by atoms with E-state index in [0.29, 0.717) is 26.1 Å². The van der Waals surface area contributed by atoms with Crippen molar-refractivity contribution in [2.75, 3.05) is 26.2 Å². The molecule has 4 amide bonds. The molecule has 2 saturated heterocycles. The van der Waals surface area contributed by atoms with Crippen molar-refractivity contribution < 1.29 is 23.9 Å². The molecule has 0 aliphatic carbocycles. The van der Waals surface area contributed by atoms with E-state index >= 15 is 0 Å². The number of piperidine rings is 1. The summed E-state index contributed by atoms with van der Waals surface area (Å²) in [6.07, 6.45) is 1.44. The van der Waals surface area contributed by atoms with E-state index in [1.165, 1.54) is 0 Å². The maximum atomic E-state index is 11.9. The van der Waals surface area contributed by atoms with Crippen molar-refractivity contribution in [2.24, 2.45) is 0 Å². The van der Waals surface area contributed by atoms with Crippen LogP contribution in [0.4, 0.5) is 4.79 Å². The number of urea groups is 1. The molecule has 8 nitrogen and oxygen atoms in total. The molecule has 2 fully saturated rings. The lowest BCUT2D eigenvalue weighted by Gasteiger charge is -2.38. The molecule has 25 heavy (non-hydrogen) atoms. The molecular formula is C17H19N3O5. The maximum absolute atomic E-state index is 11.9. The summed E-state index contributed by atoms with van der Waals surface area (Å²) in [5, 5.41) is 2.06. The van der Waals surface area contributed by atoms with Gasteiger partial charge in [-0.15, -0.1) is 0 Å². The number of para-hydroxylation sites is 2. The van der Waals surface area contributed by atoms with Crippen molar-refractivity contribution in [1.82, 2.24) is 15.1 Å². The number of amides is 4. The first-order valence-electron chi connectivity index (χ1n) is 8.41. The highest BCUT2D eigenvalue weighted by atomic mass is 16.6. The van der Waals surface area contributed by atoms with Gasteiger partial charge in [0.2, 0.25) is 0 Å². The van der Waals surface area contributed by atoms with Crippen LogP contribution >= 0.6 is 0 Å². The van der Waals surface area contributed by atoms with Crippen LogP contribution in [0.2, 0.25) is 0 Å². The van der Waals surface area contributed by atoms with Gasteiger partial charge in [0.1, 0.15) is 12.7 Å². The molecule has 8 heteroatoms. The summed E-state index contributed by atoms with van der Waals surface area (Å²) in [6.45, 7) is 2.49. The lowest BCUT2D eigenvalue weighted by atomic mass is 10.0. The summed E-state index contributed by atoms with van der Waals surface area (Å²) in [6, 6.07) is 6.64. The van der Waals surface area contributed by atoms with Crippen molar-refractivity contribution in [3.8, 4) is 11.5 Å². The van der Waals surface area contributed by atoms with Crippen LogP contribution in [0.3, 0.4) is 0 Å². The Labute approximate surface area is 144 Å². The van der Waals surface area contributed by atoms with Gasteiger partial charge < -0.3 is 9.47 Å². The summed E-state index contributed by atoms with van der Waals surface area (Å²) in [5.41, 5.74) is 0. The second-order valence-electron chi connectivity index (χ2n) is 6.49. The van der Waals surface area contributed by atoms with Gasteiger partial charge in [-0.2, -0.15) is 0 Å². The summed E-state index contributed by atoms with van der Waals surface area (Å²) in [4.78, 5) is 38.3. The Morgan fingerprint density at radius 3 is 2.72 bits per heavy atom. The van der Waals surface area contributed by atoms with Crippen LogP contribution in [0.25, 0.3) is 0 Å². The van der Waals surface area contributed by atoms with E-state index in [1.54, 1.807) is 0 Å². The molecule has 4 rings (SSSR count). The zero-order chi connectivity index (χ0) is 17.4. The van der Waals surface area contributed by atoms with Crippen LogP contribution in [0, 0.1) is 0 Å². The molecule has 3 heterocycles. The number of carbonyl (C=O) groups excluding carboxylic acids is 3. The molecule has 2 atom stereocenters. The Morgan fingerprint density at radius 2 is 1.96 bits per heavy atom. The number of benzene rings is 1. The van der Waals surface area contributed by atoms with Crippen LogP contribution in [0.5, 0.6) is 11.5 Å². The van der Waals surface area contributed by atoms with Gasteiger partial charge in [-0.3, -0.25) is 24.7 Å². The largest absolute Gasteiger partial charge is 0.486 e. The Hall–Kier alpha value is -2.61. The van der Waals surface area contributed by atoms with Gasteiger partial charge in [0.15, 0.2) is 11.5 Å². The van der Waals surface area contributed by atoms with Crippen molar-refractivity contribution in [2.45, 2.75) is 25.0 Å². The minimum absolute atomic E-state index is 0.113. The number of likely N-dealkylation sites (tertiary alicyclic amines) is 1. The first kappa shape index (κ1) is 15.9. The molecule has 0 saturated carbocycles. The summed E-state index contributed by atoms with van der Waals surface area (Å²) in [5.74, 6) is -0.133. The summed E-state index contributed by atoms with van der Waals surface area (Å²) in [7, 11) is 0. The minimum atomic E-state index is -0.845. The Kier molecular flexibility index (Phi) is 4.04. The fourth-order valence-electron chi connectivity index (χ4n) is 3.59. The lowest BCUT2D eigenvalue weighted by Crippen LogP contribution is -2.53. The van der Waals surface area contributed by atoms with Gasteiger partial charge in [0, 0.05) is 13.1 Å². The van der Waals surface area contributed by atoms with Crippen LogP contribution in [-0.4, -0.2) is 66.0 Å². The van der Waals surface area contributed by atoms with Gasteiger partial charge >= 0.3 is 17.8 Å². The first-order chi connectivity index (χ1) is 12.1. The van der Waals surface area contributed by atoms with Crippen LogP contribution < -0.4 is 14.8 Å². The second-order valence-corrected chi connectivity index (χ2v) is 6.49. The normalized spacial score (nSPS) is 26.7. The number of hydrogen-bond acceptors (Lipinski definition) is 6. The van der Waals surface area contributed by atoms with E-state index in [2.05, 4.69) is 10.2 Å². The average Bonchev–Trinajstić information content (AvgIpc) is 2.87. The molecule has 0 spiro atoms. The third kappa shape index (κ3) is 3.05. The molecule has 3 aliphatic heterocycles. The molecular weight excluding hydrogens is 326 g/mol. The zero-order valence-electron chi connectivity index (χ0n) is 13.6. The number of carbonyl (C=O) groups is 3. The van der Waals surface area contributed by atoms with E-state index in [0.717, 1.165) is 29.4 Å². The molecule has 1 N–H and O–H groups in total. The first-order valence-corrected chi connectivity index (χ1v) is 8.41.